The second-order valence-electron chi connectivity index (χ2n) is 2.33. The first-order valence-electron chi connectivity index (χ1n) is 2.95. The van der Waals surface area contributed by atoms with Gasteiger partial charge in [0.15, 0.2) is 6.29 Å². The van der Waals surface area contributed by atoms with Crippen LogP contribution in [0.5, 0.6) is 0 Å². The molecule has 0 bridgehead atoms. The molecule has 0 heterocycles. The van der Waals surface area contributed by atoms with Crippen LogP contribution in [0.4, 0.5) is 0 Å². The molecule has 1 atom stereocenters. The Hall–Kier alpha value is -0.610. The van der Waals surface area contributed by atoms with Gasteiger partial charge in [0, 0.05) is 13.8 Å². The number of rotatable bonds is 4. The molecule has 60 valence electrons. The fourth-order valence-corrected chi connectivity index (χ4v) is 0.554. The van der Waals surface area contributed by atoms with Crippen molar-refractivity contribution in [3.05, 3.63) is 0 Å². The van der Waals surface area contributed by atoms with E-state index < -0.39 is 12.1 Å². The number of hydrogen-bond donors (Lipinski definition) is 1. The summed E-state index contributed by atoms with van der Waals surface area (Å²) in [7, 11) is 0. The Morgan fingerprint density at radius 1 is 1.60 bits per heavy atom. The van der Waals surface area contributed by atoms with E-state index in [1.807, 2.05) is 0 Å². The van der Waals surface area contributed by atoms with E-state index >= 15 is 0 Å². The molecule has 4 nitrogen and oxygen atoms in total. The monoisotopic (exact) mass is 148 g/mol. The highest BCUT2D eigenvalue weighted by Crippen LogP contribution is 2.10. The lowest BCUT2D eigenvalue weighted by molar-refractivity contribution is -0.259. The summed E-state index contributed by atoms with van der Waals surface area (Å²) in [4.78, 5) is 9.82. The maximum atomic E-state index is 9.82. The molecular weight excluding hydrogens is 136 g/mol. The minimum atomic E-state index is -1.05. The molecule has 10 heavy (non-hydrogen) atoms. The lowest BCUT2D eigenvalue weighted by Gasteiger charge is -2.24. The lowest BCUT2D eigenvalue weighted by atomic mass is 10.4. The highest BCUT2D eigenvalue weighted by Gasteiger charge is 2.21. The number of carbonyl (C=O) groups excluding carboxylic acids is 1. The molecule has 0 rings (SSSR count). The second kappa shape index (κ2) is 3.53. The van der Waals surface area contributed by atoms with Crippen LogP contribution in [0, 0.1) is 0 Å². The van der Waals surface area contributed by atoms with Gasteiger partial charge in [-0.15, -0.1) is 0 Å². The van der Waals surface area contributed by atoms with Crippen LogP contribution in [-0.4, -0.2) is 23.7 Å². The van der Waals surface area contributed by atoms with Crippen LogP contribution >= 0.6 is 0 Å². The van der Waals surface area contributed by atoms with E-state index in [0.29, 0.717) is 0 Å². The summed E-state index contributed by atoms with van der Waals surface area (Å²) in [6.45, 7) is 4.79. The Bertz CT molecular complexity index is 108. The first kappa shape index (κ1) is 9.39. The molecule has 1 unspecified atom stereocenters. The van der Waals surface area contributed by atoms with E-state index in [1.165, 1.54) is 20.8 Å². The average molecular weight is 148 g/mol. The van der Waals surface area contributed by atoms with Gasteiger partial charge in [0.05, 0.1) is 0 Å². The molecule has 0 aliphatic heterocycles. The van der Waals surface area contributed by atoms with E-state index in [9.17, 15) is 4.79 Å². The first-order valence-corrected chi connectivity index (χ1v) is 2.95. The van der Waals surface area contributed by atoms with Gasteiger partial charge >= 0.3 is 0 Å². The number of carbonyl (C=O) groups is 1. The summed E-state index contributed by atoms with van der Waals surface area (Å²) in [5, 5.41) is 8.70. The largest absolute Gasteiger partial charge is 0.436 e. The fourth-order valence-electron chi connectivity index (χ4n) is 0.554. The molecule has 0 aromatic heterocycles. The maximum absolute atomic E-state index is 9.82. The zero-order valence-electron chi connectivity index (χ0n) is 6.33. The topological polar surface area (TPSA) is 55.8 Å². The van der Waals surface area contributed by atoms with Gasteiger partial charge in [0.25, 0.3) is 6.47 Å². The van der Waals surface area contributed by atoms with Gasteiger partial charge < -0.3 is 14.6 Å². The Kier molecular flexibility index (Phi) is 3.32. The second-order valence-corrected chi connectivity index (χ2v) is 2.33. The number of hydrogen-bond acceptors (Lipinski definition) is 4. The van der Waals surface area contributed by atoms with Crippen LogP contribution in [0.25, 0.3) is 0 Å². The SMILES string of the molecule is CC(O)OC(C)(C)OC=O. The summed E-state index contributed by atoms with van der Waals surface area (Å²) in [6, 6.07) is 0. The molecule has 4 heteroatoms. The van der Waals surface area contributed by atoms with E-state index in [2.05, 4.69) is 4.74 Å². The number of aliphatic hydroxyl groups is 1. The molecule has 0 saturated heterocycles. The molecule has 0 radical (unpaired) electrons. The predicted octanol–water partition coefficient (Wildman–Crippen LogP) is 0.250. The predicted molar refractivity (Wildman–Crippen MR) is 34.0 cm³/mol. The van der Waals surface area contributed by atoms with Gasteiger partial charge in [0.1, 0.15) is 0 Å². The van der Waals surface area contributed by atoms with Crippen LogP contribution in [-0.2, 0) is 14.3 Å². The van der Waals surface area contributed by atoms with Crippen molar-refractivity contribution in [1.29, 1.82) is 0 Å². The van der Waals surface area contributed by atoms with E-state index in [0.717, 1.165) is 0 Å². The lowest BCUT2D eigenvalue weighted by Crippen LogP contribution is -2.31. The van der Waals surface area contributed by atoms with Crippen molar-refractivity contribution in [3.63, 3.8) is 0 Å². The molecule has 0 aromatic rings. The molecule has 0 saturated carbocycles. The molecule has 0 fully saturated rings. The van der Waals surface area contributed by atoms with E-state index in [-0.39, 0.29) is 6.47 Å². The van der Waals surface area contributed by atoms with Crippen molar-refractivity contribution in [2.75, 3.05) is 0 Å². The van der Waals surface area contributed by atoms with Crippen LogP contribution in [0.3, 0.4) is 0 Å². The number of aliphatic hydroxyl groups excluding tert-OH is 1. The maximum Gasteiger partial charge on any atom is 0.295 e. The van der Waals surface area contributed by atoms with Gasteiger partial charge in [-0.1, -0.05) is 0 Å². The minimum Gasteiger partial charge on any atom is -0.436 e. The summed E-state index contributed by atoms with van der Waals surface area (Å²) in [6.07, 6.45) is -0.935. The van der Waals surface area contributed by atoms with E-state index in [4.69, 9.17) is 9.84 Å². The van der Waals surface area contributed by atoms with Crippen LogP contribution in [0.15, 0.2) is 0 Å². The van der Waals surface area contributed by atoms with Gasteiger partial charge in [0.2, 0.25) is 5.79 Å². The Balaban J connectivity index is 3.73. The Labute approximate surface area is 59.7 Å². The Morgan fingerprint density at radius 2 is 2.10 bits per heavy atom. The fraction of sp³-hybridized carbons (Fsp3) is 0.833. The molecule has 0 aliphatic rings. The van der Waals surface area contributed by atoms with Crippen LogP contribution in [0.2, 0.25) is 0 Å². The van der Waals surface area contributed by atoms with Crippen molar-refractivity contribution in [3.8, 4) is 0 Å². The quantitative estimate of drug-likeness (QED) is 0.458. The molecule has 0 aliphatic carbocycles. The summed E-state index contributed by atoms with van der Waals surface area (Å²) >= 11 is 0. The summed E-state index contributed by atoms with van der Waals surface area (Å²) in [5.41, 5.74) is 0. The van der Waals surface area contributed by atoms with Crippen LogP contribution < -0.4 is 0 Å². The third kappa shape index (κ3) is 4.29. The third-order valence-electron chi connectivity index (χ3n) is 0.786. The molecule has 1 N–H and O–H groups in total. The van der Waals surface area contributed by atoms with Gasteiger partial charge in [-0.2, -0.15) is 0 Å². The van der Waals surface area contributed by atoms with Gasteiger partial charge in [-0.3, -0.25) is 4.79 Å². The normalized spacial score (nSPS) is 14.4. The smallest absolute Gasteiger partial charge is 0.295 e. The van der Waals surface area contributed by atoms with Gasteiger partial charge in [-0.25, -0.2) is 0 Å². The van der Waals surface area contributed by atoms with Gasteiger partial charge in [-0.05, 0) is 6.92 Å². The molecular formula is C6H12O4. The zero-order chi connectivity index (χ0) is 8.20. The summed E-state index contributed by atoms with van der Waals surface area (Å²) in [5.74, 6) is -1.05. The first-order chi connectivity index (χ1) is 4.48. The standard InChI is InChI=1S/C6H12O4/c1-5(8)10-6(2,3)9-4-7/h4-5,8H,1-3H3. The zero-order valence-corrected chi connectivity index (χ0v) is 6.33. The number of ether oxygens (including phenoxy) is 2. The van der Waals surface area contributed by atoms with Crippen molar-refractivity contribution in [1.82, 2.24) is 0 Å². The van der Waals surface area contributed by atoms with Crippen LogP contribution in [0.1, 0.15) is 20.8 Å². The van der Waals surface area contributed by atoms with E-state index in [1.54, 1.807) is 0 Å². The Morgan fingerprint density at radius 3 is 2.40 bits per heavy atom. The highest BCUT2D eigenvalue weighted by atomic mass is 16.7. The van der Waals surface area contributed by atoms with Crippen molar-refractivity contribution < 1.29 is 19.4 Å². The third-order valence-corrected chi connectivity index (χ3v) is 0.786. The van der Waals surface area contributed by atoms with Crippen molar-refractivity contribution in [2.24, 2.45) is 0 Å². The van der Waals surface area contributed by atoms with Crippen molar-refractivity contribution >= 4 is 6.47 Å². The molecule has 0 spiro atoms. The summed E-state index contributed by atoms with van der Waals surface area (Å²) < 4.78 is 9.26. The average Bonchev–Trinajstić information content (AvgIpc) is 1.59. The molecule has 0 amide bonds. The minimum absolute atomic E-state index is 0.280. The van der Waals surface area contributed by atoms with Crippen molar-refractivity contribution in [2.45, 2.75) is 32.8 Å². The highest BCUT2D eigenvalue weighted by molar-refractivity contribution is 5.37. The molecule has 0 aromatic carbocycles.